The summed E-state index contributed by atoms with van der Waals surface area (Å²) in [5, 5.41) is 12.2. The number of benzene rings is 1. The third kappa shape index (κ3) is 6.14. The minimum atomic E-state index is -4.27. The number of halogens is 1. The molecule has 11 heteroatoms. The highest BCUT2D eigenvalue weighted by atomic mass is 35.5. The Balaban J connectivity index is 2.12. The number of carboxylic acids is 1. The molecule has 1 aromatic heterocycles. The first-order valence-corrected chi connectivity index (χ1v) is 10.3. The molecule has 2 aromatic rings. The van der Waals surface area contributed by atoms with Crippen LogP contribution in [0.15, 0.2) is 41.6 Å². The van der Waals surface area contributed by atoms with Crippen molar-refractivity contribution in [1.29, 1.82) is 0 Å². The zero-order valence-electron chi connectivity index (χ0n) is 15.7. The topological polar surface area (TPSA) is 135 Å². The molecule has 0 saturated carbocycles. The number of carboxylic acid groups (broad SMARTS) is 1. The number of aromatic nitrogens is 1. The minimum Gasteiger partial charge on any atom is -0.495 e. The van der Waals surface area contributed by atoms with Gasteiger partial charge in [-0.1, -0.05) is 11.6 Å². The van der Waals surface area contributed by atoms with E-state index in [4.69, 9.17) is 16.3 Å². The zero-order chi connectivity index (χ0) is 21.6. The van der Waals surface area contributed by atoms with Gasteiger partial charge in [0.2, 0.25) is 15.9 Å². The molecule has 0 bridgehead atoms. The summed E-state index contributed by atoms with van der Waals surface area (Å²) in [5.74, 6) is -1.85. The second-order valence-electron chi connectivity index (χ2n) is 6.09. The van der Waals surface area contributed by atoms with Gasteiger partial charge in [0.15, 0.2) is 0 Å². The van der Waals surface area contributed by atoms with Crippen molar-refractivity contribution in [2.75, 3.05) is 12.4 Å². The Bertz CT molecular complexity index is 998. The maximum Gasteiger partial charge on any atom is 0.321 e. The number of sulfonamides is 1. The average molecular weight is 442 g/mol. The highest BCUT2D eigenvalue weighted by molar-refractivity contribution is 7.89. The molecule has 1 heterocycles. The third-order valence-corrected chi connectivity index (χ3v) is 5.85. The maximum atomic E-state index is 12.7. The summed E-state index contributed by atoms with van der Waals surface area (Å²) >= 11 is 6.01. The van der Waals surface area contributed by atoms with Crippen molar-refractivity contribution in [3.8, 4) is 5.75 Å². The molecule has 0 aliphatic carbocycles. The number of aliphatic carboxylic acids is 1. The van der Waals surface area contributed by atoms with Gasteiger partial charge in [-0.05, 0) is 43.2 Å². The van der Waals surface area contributed by atoms with Crippen LogP contribution in [0.1, 0.15) is 18.4 Å². The number of pyridine rings is 1. The van der Waals surface area contributed by atoms with E-state index in [0.717, 1.165) is 0 Å². The number of hydrogen-bond acceptors (Lipinski definition) is 6. The highest BCUT2D eigenvalue weighted by Crippen LogP contribution is 2.30. The lowest BCUT2D eigenvalue weighted by Crippen LogP contribution is -2.41. The van der Waals surface area contributed by atoms with E-state index in [2.05, 4.69) is 15.0 Å². The van der Waals surface area contributed by atoms with Crippen LogP contribution in [-0.4, -0.2) is 43.5 Å². The number of anilines is 1. The summed E-state index contributed by atoms with van der Waals surface area (Å²) in [6, 6.07) is 4.25. The number of hydrogen-bond donors (Lipinski definition) is 3. The van der Waals surface area contributed by atoms with E-state index >= 15 is 0 Å². The van der Waals surface area contributed by atoms with E-state index in [1.807, 2.05) is 0 Å². The Labute approximate surface area is 173 Å². The molecule has 0 aliphatic heterocycles. The molecule has 29 heavy (non-hydrogen) atoms. The van der Waals surface area contributed by atoms with Crippen LogP contribution in [-0.2, 0) is 19.6 Å². The summed E-state index contributed by atoms with van der Waals surface area (Å²) < 4.78 is 32.6. The number of aryl methyl sites for hydroxylation is 1. The Kier molecular flexibility index (Phi) is 7.54. The molecule has 3 N–H and O–H groups in total. The van der Waals surface area contributed by atoms with Gasteiger partial charge in [0.1, 0.15) is 16.7 Å². The molecule has 0 aliphatic rings. The molecule has 1 unspecified atom stereocenters. The summed E-state index contributed by atoms with van der Waals surface area (Å²) in [5.41, 5.74) is 1.10. The molecule has 156 valence electrons. The van der Waals surface area contributed by atoms with Gasteiger partial charge < -0.3 is 15.2 Å². The molecule has 1 atom stereocenters. The van der Waals surface area contributed by atoms with E-state index in [-0.39, 0.29) is 28.5 Å². The van der Waals surface area contributed by atoms with Gasteiger partial charge in [-0.25, -0.2) is 8.42 Å². The third-order valence-electron chi connectivity index (χ3n) is 3.95. The van der Waals surface area contributed by atoms with Crippen molar-refractivity contribution in [2.45, 2.75) is 30.7 Å². The Morgan fingerprint density at radius 1 is 1.28 bits per heavy atom. The van der Waals surface area contributed by atoms with Crippen molar-refractivity contribution >= 4 is 39.2 Å². The van der Waals surface area contributed by atoms with Gasteiger partial charge in [-0.3, -0.25) is 14.6 Å². The highest BCUT2D eigenvalue weighted by Gasteiger charge is 2.28. The Hall–Kier alpha value is -2.69. The molecule has 0 saturated heterocycles. The largest absolute Gasteiger partial charge is 0.495 e. The van der Waals surface area contributed by atoms with Crippen molar-refractivity contribution < 1.29 is 27.9 Å². The fourth-order valence-electron chi connectivity index (χ4n) is 2.42. The van der Waals surface area contributed by atoms with Crippen LogP contribution < -0.4 is 14.8 Å². The van der Waals surface area contributed by atoms with Crippen LogP contribution in [0.5, 0.6) is 5.75 Å². The molecule has 0 radical (unpaired) electrons. The van der Waals surface area contributed by atoms with E-state index in [1.54, 1.807) is 19.1 Å². The predicted molar refractivity (Wildman–Crippen MR) is 107 cm³/mol. The number of ether oxygens (including phenoxy) is 1. The van der Waals surface area contributed by atoms with Crippen molar-refractivity contribution in [1.82, 2.24) is 9.71 Å². The van der Waals surface area contributed by atoms with E-state index in [0.29, 0.717) is 11.3 Å². The lowest BCUT2D eigenvalue weighted by molar-refractivity contribution is -0.139. The SMILES string of the molecule is COc1cc(C)c(Cl)cc1S(=O)(=O)NC(CCC(=O)Nc1ccncc1)C(=O)O. The number of nitrogens with one attached hydrogen (secondary N) is 2. The van der Waals surface area contributed by atoms with E-state index in [1.165, 1.54) is 31.6 Å². The second-order valence-corrected chi connectivity index (χ2v) is 8.18. The number of rotatable bonds is 9. The van der Waals surface area contributed by atoms with Crippen LogP contribution in [0.3, 0.4) is 0 Å². The minimum absolute atomic E-state index is 0.0268. The van der Waals surface area contributed by atoms with Crippen molar-refractivity contribution in [3.63, 3.8) is 0 Å². The first kappa shape index (κ1) is 22.6. The lowest BCUT2D eigenvalue weighted by Gasteiger charge is -2.17. The molecule has 0 fully saturated rings. The average Bonchev–Trinajstić information content (AvgIpc) is 2.67. The molecule has 1 amide bonds. The molecule has 2 rings (SSSR count). The first-order valence-electron chi connectivity index (χ1n) is 8.43. The van der Waals surface area contributed by atoms with E-state index < -0.39 is 27.9 Å². The fraction of sp³-hybridized carbons (Fsp3) is 0.278. The van der Waals surface area contributed by atoms with Crippen LogP contribution in [0.2, 0.25) is 5.02 Å². The predicted octanol–water partition coefficient (Wildman–Crippen LogP) is 2.20. The quantitative estimate of drug-likeness (QED) is 0.542. The fourth-order valence-corrected chi connectivity index (χ4v) is 4.05. The lowest BCUT2D eigenvalue weighted by atomic mass is 10.1. The summed E-state index contributed by atoms with van der Waals surface area (Å²) in [6.07, 6.45) is 2.51. The van der Waals surface area contributed by atoms with Crippen LogP contribution >= 0.6 is 11.6 Å². The number of nitrogens with zero attached hydrogens (tertiary/aromatic N) is 1. The van der Waals surface area contributed by atoms with Gasteiger partial charge in [0.05, 0.1) is 7.11 Å². The number of amides is 1. The molecule has 1 aromatic carbocycles. The van der Waals surface area contributed by atoms with Gasteiger partial charge in [-0.2, -0.15) is 4.72 Å². The molecule has 9 nitrogen and oxygen atoms in total. The van der Waals surface area contributed by atoms with Gasteiger partial charge in [0, 0.05) is 29.5 Å². The van der Waals surface area contributed by atoms with Gasteiger partial charge in [0.25, 0.3) is 0 Å². The maximum absolute atomic E-state index is 12.7. The van der Waals surface area contributed by atoms with Gasteiger partial charge in [-0.15, -0.1) is 0 Å². The standard InChI is InChI=1S/C18H20ClN3O6S/c1-11-9-15(28-2)16(10-13(11)19)29(26,27)22-14(18(24)25)3-4-17(23)21-12-5-7-20-8-6-12/h5-10,14,22H,3-4H2,1-2H3,(H,24,25)(H,20,21,23). The zero-order valence-corrected chi connectivity index (χ0v) is 17.2. The number of carbonyl (C=O) groups excluding carboxylic acids is 1. The van der Waals surface area contributed by atoms with Crippen LogP contribution in [0.4, 0.5) is 5.69 Å². The number of methoxy groups -OCH3 is 1. The smallest absolute Gasteiger partial charge is 0.321 e. The molecule has 0 spiro atoms. The second kappa shape index (κ2) is 9.68. The summed E-state index contributed by atoms with van der Waals surface area (Å²) in [4.78, 5) is 27.1. The summed E-state index contributed by atoms with van der Waals surface area (Å²) in [6.45, 7) is 1.68. The van der Waals surface area contributed by atoms with Crippen LogP contribution in [0.25, 0.3) is 0 Å². The van der Waals surface area contributed by atoms with E-state index in [9.17, 15) is 23.1 Å². The monoisotopic (exact) mass is 441 g/mol. The van der Waals surface area contributed by atoms with Gasteiger partial charge >= 0.3 is 5.97 Å². The Morgan fingerprint density at radius 3 is 2.52 bits per heavy atom. The van der Waals surface area contributed by atoms with Crippen molar-refractivity contribution in [2.24, 2.45) is 0 Å². The van der Waals surface area contributed by atoms with Crippen LogP contribution in [0, 0.1) is 6.92 Å². The van der Waals surface area contributed by atoms with Crippen molar-refractivity contribution in [3.05, 3.63) is 47.2 Å². The number of carbonyl (C=O) groups is 2. The molecular weight excluding hydrogens is 422 g/mol. The summed E-state index contributed by atoms with van der Waals surface area (Å²) in [7, 11) is -2.98. The normalized spacial score (nSPS) is 12.2. The molecular formula is C18H20ClN3O6S. The first-order chi connectivity index (χ1) is 13.6. The Morgan fingerprint density at radius 2 is 1.93 bits per heavy atom.